The highest BCUT2D eigenvalue weighted by molar-refractivity contribution is 8.27. The van der Waals surface area contributed by atoms with Crippen molar-refractivity contribution in [1.29, 1.82) is 0 Å². The predicted octanol–water partition coefficient (Wildman–Crippen LogP) is 3.50. The number of ether oxygens (including phenoxy) is 1. The lowest BCUT2D eigenvalue weighted by Crippen LogP contribution is -2.27. The number of carbonyl (C=O) groups excluding carboxylic acids is 1. The normalized spacial score (nSPS) is 15.6. The molecule has 0 atom stereocenters. The summed E-state index contributed by atoms with van der Waals surface area (Å²) >= 11 is 6.40. The summed E-state index contributed by atoms with van der Waals surface area (Å²) in [5, 5.41) is 18.8. The van der Waals surface area contributed by atoms with Crippen LogP contribution in [0.1, 0.15) is 15.9 Å². The number of benzene rings is 2. The van der Waals surface area contributed by atoms with Crippen LogP contribution in [-0.2, 0) is 4.79 Å². The topological polar surface area (TPSA) is 87.1 Å². The van der Waals surface area contributed by atoms with Crippen LogP contribution < -0.4 is 9.64 Å². The third-order valence-electron chi connectivity index (χ3n) is 3.68. The number of aromatic hydroxyl groups is 1. The number of carboxylic acid groups (broad SMARTS) is 1. The third kappa shape index (κ3) is 3.42. The number of thiocarbonyl (C=S) groups is 1. The quantitative estimate of drug-likeness (QED) is 0.613. The fourth-order valence-electron chi connectivity index (χ4n) is 2.38. The molecule has 1 fully saturated rings. The molecular formula is C18H13NO5S2. The van der Waals surface area contributed by atoms with Crippen LogP contribution in [0.3, 0.4) is 0 Å². The number of amides is 1. The van der Waals surface area contributed by atoms with E-state index in [1.807, 2.05) is 12.1 Å². The SMILES string of the molecule is COc1ccc(/C=C2\SC(=S)N(c3ccc(O)c(C(=O)O)c3)C2=O)cc1. The largest absolute Gasteiger partial charge is 0.507 e. The van der Waals surface area contributed by atoms with Crippen molar-refractivity contribution < 1.29 is 24.5 Å². The van der Waals surface area contributed by atoms with Gasteiger partial charge in [0, 0.05) is 0 Å². The van der Waals surface area contributed by atoms with Crippen LogP contribution in [0.4, 0.5) is 5.69 Å². The Balaban J connectivity index is 1.92. The number of thioether (sulfide) groups is 1. The highest BCUT2D eigenvalue weighted by Gasteiger charge is 2.33. The minimum Gasteiger partial charge on any atom is -0.507 e. The molecule has 1 aliphatic heterocycles. The average molecular weight is 387 g/mol. The molecule has 6 nitrogen and oxygen atoms in total. The maximum atomic E-state index is 12.7. The van der Waals surface area contributed by atoms with Crippen LogP contribution in [0.2, 0.25) is 0 Å². The molecule has 1 heterocycles. The van der Waals surface area contributed by atoms with Gasteiger partial charge in [-0.05, 0) is 42.0 Å². The van der Waals surface area contributed by atoms with Crippen molar-refractivity contribution in [3.8, 4) is 11.5 Å². The molecule has 2 N–H and O–H groups in total. The van der Waals surface area contributed by atoms with Gasteiger partial charge >= 0.3 is 5.97 Å². The standard InChI is InChI=1S/C18H13NO5S2/c1-24-12-5-2-10(3-6-12)8-15-16(21)19(18(25)26-15)11-4-7-14(20)13(9-11)17(22)23/h2-9,20H,1H3,(H,22,23)/b15-8-. The van der Waals surface area contributed by atoms with Gasteiger partial charge in [0.1, 0.15) is 17.1 Å². The van der Waals surface area contributed by atoms with Crippen molar-refractivity contribution >= 4 is 51.9 Å². The Kier molecular flexibility index (Phi) is 4.97. The summed E-state index contributed by atoms with van der Waals surface area (Å²) in [6.45, 7) is 0. The number of hydrogen-bond donors (Lipinski definition) is 2. The molecule has 1 saturated heterocycles. The van der Waals surface area contributed by atoms with Gasteiger partial charge in [-0.1, -0.05) is 36.1 Å². The molecule has 0 bridgehead atoms. The van der Waals surface area contributed by atoms with Gasteiger partial charge in [-0.25, -0.2) is 4.79 Å². The second kappa shape index (κ2) is 7.19. The predicted molar refractivity (Wildman–Crippen MR) is 104 cm³/mol. The second-order valence-corrected chi connectivity index (χ2v) is 6.97. The summed E-state index contributed by atoms with van der Waals surface area (Å²) in [7, 11) is 1.57. The van der Waals surface area contributed by atoms with Crippen molar-refractivity contribution in [2.75, 3.05) is 12.0 Å². The number of rotatable bonds is 4. The van der Waals surface area contributed by atoms with Crippen molar-refractivity contribution in [1.82, 2.24) is 0 Å². The third-order valence-corrected chi connectivity index (χ3v) is 4.98. The molecule has 8 heteroatoms. The van der Waals surface area contributed by atoms with Crippen LogP contribution in [0, 0.1) is 0 Å². The van der Waals surface area contributed by atoms with E-state index in [0.29, 0.717) is 16.3 Å². The summed E-state index contributed by atoms with van der Waals surface area (Å²) in [5.41, 5.74) is 0.805. The zero-order valence-corrected chi connectivity index (χ0v) is 15.1. The molecule has 0 spiro atoms. The van der Waals surface area contributed by atoms with Gasteiger partial charge in [0.15, 0.2) is 4.32 Å². The highest BCUT2D eigenvalue weighted by atomic mass is 32.2. The molecular weight excluding hydrogens is 374 g/mol. The van der Waals surface area contributed by atoms with Crippen molar-refractivity contribution in [3.63, 3.8) is 0 Å². The van der Waals surface area contributed by atoms with E-state index in [-0.39, 0.29) is 21.5 Å². The van der Waals surface area contributed by atoms with Crippen molar-refractivity contribution in [2.24, 2.45) is 0 Å². The first-order valence-electron chi connectivity index (χ1n) is 7.39. The van der Waals surface area contributed by atoms with Gasteiger partial charge in [0.05, 0.1) is 17.7 Å². The zero-order valence-electron chi connectivity index (χ0n) is 13.5. The van der Waals surface area contributed by atoms with Crippen LogP contribution in [0.15, 0.2) is 47.4 Å². The summed E-state index contributed by atoms with van der Waals surface area (Å²) in [5.74, 6) is -1.30. The number of nitrogens with zero attached hydrogens (tertiary/aromatic N) is 1. The van der Waals surface area contributed by atoms with Crippen LogP contribution in [0.5, 0.6) is 11.5 Å². The molecule has 1 aliphatic rings. The Labute approximate surface area is 158 Å². The number of hydrogen-bond acceptors (Lipinski definition) is 6. The van der Waals surface area contributed by atoms with E-state index in [1.165, 1.54) is 23.1 Å². The molecule has 0 aromatic heterocycles. The number of carbonyl (C=O) groups is 2. The monoisotopic (exact) mass is 387 g/mol. The molecule has 2 aromatic carbocycles. The van der Waals surface area contributed by atoms with E-state index in [1.54, 1.807) is 25.3 Å². The number of carboxylic acids is 1. The zero-order chi connectivity index (χ0) is 18.8. The molecule has 0 radical (unpaired) electrons. The second-order valence-electron chi connectivity index (χ2n) is 5.30. The van der Waals surface area contributed by atoms with Crippen LogP contribution >= 0.6 is 24.0 Å². The first-order valence-corrected chi connectivity index (χ1v) is 8.61. The number of anilines is 1. The summed E-state index contributed by atoms with van der Waals surface area (Å²) in [6, 6.07) is 11.1. The van der Waals surface area contributed by atoms with Gasteiger partial charge in [-0.2, -0.15) is 0 Å². The van der Waals surface area contributed by atoms with Gasteiger partial charge in [-0.3, -0.25) is 9.69 Å². The van der Waals surface area contributed by atoms with E-state index in [0.717, 1.165) is 17.3 Å². The average Bonchev–Trinajstić information content (AvgIpc) is 2.89. The number of aromatic carboxylic acids is 1. The Bertz CT molecular complexity index is 937. The van der Waals surface area contributed by atoms with Gasteiger partial charge in [0.2, 0.25) is 0 Å². The molecule has 2 aromatic rings. The maximum absolute atomic E-state index is 12.7. The summed E-state index contributed by atoms with van der Waals surface area (Å²) in [6.07, 6.45) is 1.71. The minimum absolute atomic E-state index is 0.289. The van der Waals surface area contributed by atoms with Crippen molar-refractivity contribution in [3.05, 3.63) is 58.5 Å². The first-order chi connectivity index (χ1) is 12.4. The fraction of sp³-hybridized carbons (Fsp3) is 0.0556. The Hall–Kier alpha value is -2.84. The minimum atomic E-state index is -1.29. The Morgan fingerprint density at radius 2 is 1.92 bits per heavy atom. The molecule has 0 aliphatic carbocycles. The molecule has 3 rings (SSSR count). The smallest absolute Gasteiger partial charge is 0.339 e. The molecule has 132 valence electrons. The van der Waals surface area contributed by atoms with Gasteiger partial charge in [-0.15, -0.1) is 0 Å². The van der Waals surface area contributed by atoms with E-state index in [9.17, 15) is 14.7 Å². The molecule has 0 unspecified atom stereocenters. The number of phenols is 1. The molecule has 1 amide bonds. The molecule has 26 heavy (non-hydrogen) atoms. The summed E-state index contributed by atoms with van der Waals surface area (Å²) < 4.78 is 5.39. The van der Waals surface area contributed by atoms with Crippen LogP contribution in [0.25, 0.3) is 6.08 Å². The van der Waals surface area contributed by atoms with E-state index >= 15 is 0 Å². The summed E-state index contributed by atoms with van der Waals surface area (Å²) in [4.78, 5) is 25.6. The Morgan fingerprint density at radius 1 is 1.23 bits per heavy atom. The van der Waals surface area contributed by atoms with Crippen LogP contribution in [-0.4, -0.2) is 33.5 Å². The van der Waals surface area contributed by atoms with E-state index in [2.05, 4.69) is 0 Å². The molecule has 0 saturated carbocycles. The fourth-order valence-corrected chi connectivity index (χ4v) is 3.68. The maximum Gasteiger partial charge on any atom is 0.339 e. The van der Waals surface area contributed by atoms with Gasteiger partial charge < -0.3 is 14.9 Å². The highest BCUT2D eigenvalue weighted by Crippen LogP contribution is 2.37. The van der Waals surface area contributed by atoms with E-state index < -0.39 is 5.97 Å². The van der Waals surface area contributed by atoms with Crippen molar-refractivity contribution in [2.45, 2.75) is 0 Å². The first kappa shape index (κ1) is 18.0. The van der Waals surface area contributed by atoms with E-state index in [4.69, 9.17) is 22.1 Å². The van der Waals surface area contributed by atoms with Gasteiger partial charge in [0.25, 0.3) is 5.91 Å². The number of methoxy groups -OCH3 is 1. The lowest BCUT2D eigenvalue weighted by Gasteiger charge is -2.15. The Morgan fingerprint density at radius 3 is 2.54 bits per heavy atom. The lowest BCUT2D eigenvalue weighted by atomic mass is 10.1. The lowest BCUT2D eigenvalue weighted by molar-refractivity contribution is -0.113.